The number of hydrogen-bond acceptors (Lipinski definition) is 1. The van der Waals surface area contributed by atoms with E-state index in [1.165, 1.54) is 19.3 Å². The Kier molecular flexibility index (Phi) is 2.74. The van der Waals surface area contributed by atoms with Crippen molar-refractivity contribution in [2.24, 2.45) is 23.2 Å². The molecule has 0 spiro atoms. The van der Waals surface area contributed by atoms with Crippen molar-refractivity contribution in [3.8, 4) is 0 Å². The van der Waals surface area contributed by atoms with Crippen LogP contribution >= 0.6 is 0 Å². The maximum Gasteiger partial charge on any atom is 0.152 e. The molecule has 2 aliphatic rings. The Morgan fingerprint density at radius 1 is 1.40 bits per heavy atom. The van der Waals surface area contributed by atoms with Crippen LogP contribution < -0.4 is 0 Å². The fourth-order valence-corrected chi connectivity index (χ4v) is 3.84. The maximum absolute atomic E-state index is 10.9. The molecule has 0 aromatic carbocycles. The van der Waals surface area contributed by atoms with Crippen LogP contribution in [0.3, 0.4) is 0 Å². The van der Waals surface area contributed by atoms with Gasteiger partial charge in [0.15, 0.2) is 5.78 Å². The Hall–Kier alpha value is -0.590. The molecule has 0 N–H and O–H groups in total. The zero-order chi connectivity index (χ0) is 11.1. The lowest BCUT2D eigenvalue weighted by Gasteiger charge is -2.37. The SMILES string of the molecule is CC(=O)/C=C/C[C@@H]1[C@H]2CC[C@H](C2)C1(C)C. The topological polar surface area (TPSA) is 17.1 Å². The van der Waals surface area contributed by atoms with Gasteiger partial charge in [0.05, 0.1) is 0 Å². The third kappa shape index (κ3) is 1.89. The molecule has 0 aliphatic heterocycles. The molecular formula is C14H22O. The van der Waals surface area contributed by atoms with Crippen molar-refractivity contribution in [3.63, 3.8) is 0 Å². The molecule has 1 heteroatoms. The first kappa shape index (κ1) is 10.9. The maximum atomic E-state index is 10.9. The molecule has 0 radical (unpaired) electrons. The van der Waals surface area contributed by atoms with E-state index < -0.39 is 0 Å². The fraction of sp³-hybridized carbons (Fsp3) is 0.786. The van der Waals surface area contributed by atoms with E-state index in [1.807, 2.05) is 0 Å². The average Bonchev–Trinajstić information content (AvgIpc) is 2.66. The van der Waals surface area contributed by atoms with Gasteiger partial charge in [0.1, 0.15) is 0 Å². The average molecular weight is 206 g/mol. The molecule has 1 nitrogen and oxygen atoms in total. The number of carbonyl (C=O) groups is 1. The van der Waals surface area contributed by atoms with E-state index in [1.54, 1.807) is 13.0 Å². The van der Waals surface area contributed by atoms with Gasteiger partial charge >= 0.3 is 0 Å². The predicted molar refractivity (Wildman–Crippen MR) is 62.5 cm³/mol. The lowest BCUT2D eigenvalue weighted by atomic mass is 9.67. The minimum Gasteiger partial charge on any atom is -0.295 e. The Labute approximate surface area is 92.9 Å². The van der Waals surface area contributed by atoms with E-state index in [4.69, 9.17) is 0 Å². The highest BCUT2D eigenvalue weighted by atomic mass is 16.1. The molecule has 15 heavy (non-hydrogen) atoms. The second kappa shape index (κ2) is 3.77. The first-order valence-electron chi connectivity index (χ1n) is 6.19. The summed E-state index contributed by atoms with van der Waals surface area (Å²) in [5.41, 5.74) is 0.504. The van der Waals surface area contributed by atoms with Crippen LogP contribution in [0.4, 0.5) is 0 Å². The lowest BCUT2D eigenvalue weighted by molar-refractivity contribution is -0.112. The van der Waals surface area contributed by atoms with E-state index >= 15 is 0 Å². The summed E-state index contributed by atoms with van der Waals surface area (Å²) in [6.45, 7) is 6.47. The summed E-state index contributed by atoms with van der Waals surface area (Å²) in [7, 11) is 0. The summed E-state index contributed by atoms with van der Waals surface area (Å²) in [6, 6.07) is 0. The van der Waals surface area contributed by atoms with Gasteiger partial charge in [-0.25, -0.2) is 0 Å². The van der Waals surface area contributed by atoms with Crippen LogP contribution in [0, 0.1) is 23.2 Å². The van der Waals surface area contributed by atoms with Crippen LogP contribution in [0.5, 0.6) is 0 Å². The van der Waals surface area contributed by atoms with E-state index in [0.29, 0.717) is 5.41 Å². The van der Waals surface area contributed by atoms with Crippen molar-refractivity contribution in [2.75, 3.05) is 0 Å². The Balaban J connectivity index is 2.00. The molecule has 0 amide bonds. The number of rotatable bonds is 3. The molecule has 0 saturated heterocycles. The smallest absolute Gasteiger partial charge is 0.152 e. The third-order valence-electron chi connectivity index (χ3n) is 4.79. The molecule has 0 heterocycles. The molecular weight excluding hydrogens is 184 g/mol. The van der Waals surface area contributed by atoms with Gasteiger partial charge in [-0.15, -0.1) is 0 Å². The second-order valence-corrected chi connectivity index (χ2v) is 5.95. The van der Waals surface area contributed by atoms with Crippen LogP contribution in [0.25, 0.3) is 0 Å². The fourth-order valence-electron chi connectivity index (χ4n) is 3.84. The normalized spacial score (nSPS) is 37.7. The highest BCUT2D eigenvalue weighted by molar-refractivity contribution is 5.87. The minimum atomic E-state index is 0.177. The van der Waals surface area contributed by atoms with Crippen LogP contribution in [-0.2, 0) is 4.79 Å². The number of allylic oxidation sites excluding steroid dienone is 2. The third-order valence-corrected chi connectivity index (χ3v) is 4.79. The Morgan fingerprint density at radius 2 is 2.13 bits per heavy atom. The summed E-state index contributed by atoms with van der Waals surface area (Å²) >= 11 is 0. The van der Waals surface area contributed by atoms with Gasteiger partial charge in [0, 0.05) is 0 Å². The molecule has 84 valence electrons. The molecule has 0 unspecified atom stereocenters. The van der Waals surface area contributed by atoms with Gasteiger partial charge in [-0.1, -0.05) is 19.9 Å². The van der Waals surface area contributed by atoms with Gasteiger partial charge in [-0.3, -0.25) is 4.79 Å². The largest absolute Gasteiger partial charge is 0.295 e. The lowest BCUT2D eigenvalue weighted by Crippen LogP contribution is -2.30. The van der Waals surface area contributed by atoms with Crippen LogP contribution in [0.1, 0.15) is 46.5 Å². The van der Waals surface area contributed by atoms with Gasteiger partial charge in [-0.2, -0.15) is 0 Å². The number of ketones is 1. The number of hydrogen-bond donors (Lipinski definition) is 0. The first-order valence-corrected chi connectivity index (χ1v) is 6.19. The van der Waals surface area contributed by atoms with E-state index in [9.17, 15) is 4.79 Å². The highest BCUT2D eigenvalue weighted by Crippen LogP contribution is 2.60. The number of carbonyl (C=O) groups excluding carboxylic acids is 1. The quantitative estimate of drug-likeness (QED) is 0.645. The van der Waals surface area contributed by atoms with Crippen LogP contribution in [-0.4, -0.2) is 5.78 Å². The Morgan fingerprint density at radius 3 is 2.67 bits per heavy atom. The standard InChI is InChI=1S/C14H22O/c1-10(15)5-4-6-13-11-7-8-12(9-11)14(13,2)3/h4-5,11-13H,6-9H2,1-3H3/b5-4+/t11-,12+,13+/m0/s1. The monoisotopic (exact) mass is 206 g/mol. The first-order chi connectivity index (χ1) is 7.01. The molecule has 0 aromatic rings. The van der Waals surface area contributed by atoms with Crippen molar-refractivity contribution in [3.05, 3.63) is 12.2 Å². The van der Waals surface area contributed by atoms with Crippen molar-refractivity contribution in [1.29, 1.82) is 0 Å². The van der Waals surface area contributed by atoms with Crippen molar-refractivity contribution < 1.29 is 4.79 Å². The molecule has 2 bridgehead atoms. The van der Waals surface area contributed by atoms with Gasteiger partial charge in [0.25, 0.3) is 0 Å². The summed E-state index contributed by atoms with van der Waals surface area (Å²) in [5, 5.41) is 0. The van der Waals surface area contributed by atoms with Crippen LogP contribution in [0.15, 0.2) is 12.2 Å². The number of fused-ring (bicyclic) bond motifs is 2. The van der Waals surface area contributed by atoms with Crippen LogP contribution in [0.2, 0.25) is 0 Å². The van der Waals surface area contributed by atoms with Crippen molar-refractivity contribution >= 4 is 5.78 Å². The summed E-state index contributed by atoms with van der Waals surface area (Å²) in [6.07, 6.45) is 9.23. The molecule has 3 atom stereocenters. The summed E-state index contributed by atoms with van der Waals surface area (Å²) < 4.78 is 0. The summed E-state index contributed by atoms with van der Waals surface area (Å²) in [4.78, 5) is 10.9. The summed E-state index contributed by atoms with van der Waals surface area (Å²) in [5.74, 6) is 2.86. The Bertz CT molecular complexity index is 288. The molecule has 0 aromatic heterocycles. The van der Waals surface area contributed by atoms with Gasteiger partial charge in [-0.05, 0) is 61.9 Å². The molecule has 2 saturated carbocycles. The highest BCUT2D eigenvalue weighted by Gasteiger charge is 2.51. The van der Waals surface area contributed by atoms with E-state index in [-0.39, 0.29) is 5.78 Å². The van der Waals surface area contributed by atoms with Gasteiger partial charge in [0.2, 0.25) is 0 Å². The van der Waals surface area contributed by atoms with E-state index in [2.05, 4.69) is 19.9 Å². The minimum absolute atomic E-state index is 0.177. The predicted octanol–water partition coefficient (Wildman–Crippen LogP) is 3.59. The van der Waals surface area contributed by atoms with Gasteiger partial charge < -0.3 is 0 Å². The van der Waals surface area contributed by atoms with Crippen molar-refractivity contribution in [2.45, 2.75) is 46.5 Å². The molecule has 2 fully saturated rings. The molecule has 2 rings (SSSR count). The molecule has 2 aliphatic carbocycles. The van der Waals surface area contributed by atoms with Crippen molar-refractivity contribution in [1.82, 2.24) is 0 Å². The zero-order valence-corrected chi connectivity index (χ0v) is 10.1. The zero-order valence-electron chi connectivity index (χ0n) is 10.1. The van der Waals surface area contributed by atoms with E-state index in [0.717, 1.165) is 24.2 Å². The second-order valence-electron chi connectivity index (χ2n) is 5.95.